The Labute approximate surface area is 163 Å². The standard InChI is InChI=1S/C20H27N5O3/c1-4-21-20(27)28-23-17-19(26)25(3)16-13-9-8-12-15(16)18(22-17)24(2)14-10-6-5-7-11-14/h8-9,12-14H,4-7,10-11H2,1-3H3,(H,21,27). The Morgan fingerprint density at radius 3 is 2.75 bits per heavy atom. The molecule has 0 saturated heterocycles. The van der Waals surface area contributed by atoms with Gasteiger partial charge in [0.05, 0.1) is 5.52 Å². The van der Waals surface area contributed by atoms with Crippen molar-refractivity contribution >= 4 is 22.8 Å². The van der Waals surface area contributed by atoms with Crippen molar-refractivity contribution in [3.05, 3.63) is 40.1 Å². The number of aryl methyl sites for hydroxylation is 1. The Balaban J connectivity index is 2.19. The van der Waals surface area contributed by atoms with E-state index in [-0.39, 0.29) is 5.49 Å². The van der Waals surface area contributed by atoms with E-state index >= 15 is 0 Å². The summed E-state index contributed by atoms with van der Waals surface area (Å²) in [6.07, 6.45) is 5.08. The van der Waals surface area contributed by atoms with Crippen LogP contribution in [0.3, 0.4) is 0 Å². The molecule has 0 radical (unpaired) electrons. The smallest absolute Gasteiger partial charge is 0.356 e. The normalized spacial score (nSPS) is 15.5. The first-order valence-electron chi connectivity index (χ1n) is 9.74. The largest absolute Gasteiger partial charge is 0.433 e. The average Bonchev–Trinajstić information content (AvgIpc) is 2.83. The van der Waals surface area contributed by atoms with Gasteiger partial charge in [-0.1, -0.05) is 31.4 Å². The highest BCUT2D eigenvalue weighted by atomic mass is 16.7. The number of benzene rings is 1. The molecule has 0 spiro atoms. The number of hydrogen-bond donors (Lipinski definition) is 1. The number of rotatable bonds is 4. The maximum atomic E-state index is 12.9. The zero-order chi connectivity index (χ0) is 20.1. The molecule has 8 nitrogen and oxygen atoms in total. The first-order valence-corrected chi connectivity index (χ1v) is 9.74. The second-order valence-corrected chi connectivity index (χ2v) is 7.04. The van der Waals surface area contributed by atoms with Gasteiger partial charge in [0, 0.05) is 32.1 Å². The SMILES string of the molecule is CCNC(=O)ON=c1nc(N(C)C2CCCCC2)c2ccccc2n(C)c1=O. The summed E-state index contributed by atoms with van der Waals surface area (Å²) in [5, 5.41) is 7.09. The van der Waals surface area contributed by atoms with Gasteiger partial charge in [-0.3, -0.25) is 9.63 Å². The van der Waals surface area contributed by atoms with Crippen LogP contribution >= 0.6 is 0 Å². The molecule has 0 atom stereocenters. The molecule has 1 aliphatic rings. The molecule has 0 aliphatic heterocycles. The number of carbonyl (C=O) groups is 1. The number of carbonyl (C=O) groups excluding carboxylic acids is 1. The first kappa shape index (κ1) is 19.9. The molecule has 1 aromatic heterocycles. The molecular formula is C20H27N5O3. The molecule has 1 fully saturated rings. The van der Waals surface area contributed by atoms with Crippen molar-refractivity contribution in [2.45, 2.75) is 45.1 Å². The molecule has 150 valence electrons. The third-order valence-electron chi connectivity index (χ3n) is 5.21. The number of hydrogen-bond acceptors (Lipinski definition) is 6. The average molecular weight is 385 g/mol. The second kappa shape index (κ2) is 8.86. The van der Waals surface area contributed by atoms with E-state index in [2.05, 4.69) is 20.4 Å². The maximum Gasteiger partial charge on any atom is 0.433 e. The minimum atomic E-state index is -0.718. The Kier molecular flexibility index (Phi) is 6.28. The molecule has 1 amide bonds. The first-order chi connectivity index (χ1) is 13.5. The van der Waals surface area contributed by atoms with Crippen LogP contribution in [0.15, 0.2) is 34.2 Å². The molecule has 1 heterocycles. The zero-order valence-corrected chi connectivity index (χ0v) is 16.6. The molecule has 3 rings (SSSR count). The van der Waals surface area contributed by atoms with Crippen LogP contribution in [-0.2, 0) is 11.9 Å². The Bertz CT molecular complexity index is 980. The Morgan fingerprint density at radius 1 is 1.32 bits per heavy atom. The summed E-state index contributed by atoms with van der Waals surface area (Å²) >= 11 is 0. The topological polar surface area (TPSA) is 88.8 Å². The highest BCUT2D eigenvalue weighted by Crippen LogP contribution is 2.28. The molecule has 28 heavy (non-hydrogen) atoms. The van der Waals surface area contributed by atoms with E-state index in [9.17, 15) is 9.59 Å². The van der Waals surface area contributed by atoms with Crippen molar-refractivity contribution < 1.29 is 9.63 Å². The van der Waals surface area contributed by atoms with Gasteiger partial charge in [-0.05, 0) is 37.1 Å². The summed E-state index contributed by atoms with van der Waals surface area (Å²) in [6.45, 7) is 2.17. The van der Waals surface area contributed by atoms with Gasteiger partial charge >= 0.3 is 6.09 Å². The highest BCUT2D eigenvalue weighted by molar-refractivity contribution is 5.89. The third kappa shape index (κ3) is 4.16. The van der Waals surface area contributed by atoms with Gasteiger partial charge in [-0.25, -0.2) is 9.78 Å². The van der Waals surface area contributed by atoms with Gasteiger partial charge in [-0.15, -0.1) is 0 Å². The summed E-state index contributed by atoms with van der Waals surface area (Å²) in [4.78, 5) is 36.0. The van der Waals surface area contributed by atoms with E-state index in [1.54, 1.807) is 14.0 Å². The molecular weight excluding hydrogens is 358 g/mol. The molecule has 1 aromatic carbocycles. The molecule has 1 aliphatic carbocycles. The number of fused-ring (bicyclic) bond motifs is 1. The summed E-state index contributed by atoms with van der Waals surface area (Å²) in [5.74, 6) is 0.665. The van der Waals surface area contributed by atoms with Gasteiger partial charge in [0.25, 0.3) is 11.0 Å². The van der Waals surface area contributed by atoms with Gasteiger partial charge in [0.15, 0.2) is 0 Å². The second-order valence-electron chi connectivity index (χ2n) is 7.04. The van der Waals surface area contributed by atoms with Crippen LogP contribution in [0.2, 0.25) is 0 Å². The third-order valence-corrected chi connectivity index (χ3v) is 5.21. The fourth-order valence-electron chi connectivity index (χ4n) is 3.65. The van der Waals surface area contributed by atoms with Crippen molar-refractivity contribution in [3.63, 3.8) is 0 Å². The minimum absolute atomic E-state index is 0.150. The van der Waals surface area contributed by atoms with Crippen LogP contribution < -0.4 is 21.3 Å². The number of amides is 1. The number of aromatic nitrogens is 2. The molecule has 0 bridgehead atoms. The van der Waals surface area contributed by atoms with Gasteiger partial charge in [-0.2, -0.15) is 0 Å². The van der Waals surface area contributed by atoms with Crippen LogP contribution in [0.4, 0.5) is 10.6 Å². The maximum absolute atomic E-state index is 12.9. The van der Waals surface area contributed by atoms with Gasteiger partial charge in [0.2, 0.25) is 0 Å². The molecule has 1 saturated carbocycles. The zero-order valence-electron chi connectivity index (χ0n) is 16.6. The van der Waals surface area contributed by atoms with E-state index < -0.39 is 11.7 Å². The van der Waals surface area contributed by atoms with Crippen molar-refractivity contribution in [2.24, 2.45) is 12.2 Å². The summed E-state index contributed by atoms with van der Waals surface area (Å²) in [7, 11) is 3.67. The monoisotopic (exact) mass is 385 g/mol. The Morgan fingerprint density at radius 2 is 2.04 bits per heavy atom. The highest BCUT2D eigenvalue weighted by Gasteiger charge is 2.21. The predicted octanol–water partition coefficient (Wildman–Crippen LogP) is 2.26. The van der Waals surface area contributed by atoms with Crippen LogP contribution in [0.25, 0.3) is 10.9 Å². The van der Waals surface area contributed by atoms with E-state index in [1.807, 2.05) is 31.3 Å². The van der Waals surface area contributed by atoms with Crippen LogP contribution in [0, 0.1) is 0 Å². The van der Waals surface area contributed by atoms with Crippen molar-refractivity contribution in [2.75, 3.05) is 18.5 Å². The summed E-state index contributed by atoms with van der Waals surface area (Å²) in [5.41, 5.74) is 0.170. The molecule has 2 aromatic rings. The lowest BCUT2D eigenvalue weighted by atomic mass is 9.94. The van der Waals surface area contributed by atoms with Crippen molar-refractivity contribution in [3.8, 4) is 0 Å². The number of para-hydroxylation sites is 1. The predicted molar refractivity (Wildman–Crippen MR) is 108 cm³/mol. The van der Waals surface area contributed by atoms with E-state index in [1.165, 1.54) is 23.8 Å². The fraction of sp³-hybridized carbons (Fsp3) is 0.500. The van der Waals surface area contributed by atoms with Crippen LogP contribution in [0.1, 0.15) is 39.0 Å². The Hall–Kier alpha value is -2.90. The molecule has 1 N–H and O–H groups in total. The molecule has 0 unspecified atom stereocenters. The fourth-order valence-corrected chi connectivity index (χ4v) is 3.65. The summed E-state index contributed by atoms with van der Waals surface area (Å²) < 4.78 is 1.49. The van der Waals surface area contributed by atoms with E-state index in [0.717, 1.165) is 23.7 Å². The van der Waals surface area contributed by atoms with E-state index in [0.29, 0.717) is 18.4 Å². The number of nitrogens with zero attached hydrogens (tertiary/aromatic N) is 4. The van der Waals surface area contributed by atoms with Crippen molar-refractivity contribution in [1.29, 1.82) is 0 Å². The molecule has 8 heteroatoms. The number of anilines is 1. The lowest BCUT2D eigenvalue weighted by molar-refractivity contribution is 0.145. The quantitative estimate of drug-likeness (QED) is 0.644. The summed E-state index contributed by atoms with van der Waals surface area (Å²) in [6, 6.07) is 7.99. The lowest BCUT2D eigenvalue weighted by Gasteiger charge is -2.32. The van der Waals surface area contributed by atoms with Gasteiger partial charge in [0.1, 0.15) is 5.82 Å². The van der Waals surface area contributed by atoms with Crippen LogP contribution in [0.5, 0.6) is 0 Å². The van der Waals surface area contributed by atoms with Gasteiger partial charge < -0.3 is 14.8 Å². The lowest BCUT2D eigenvalue weighted by Crippen LogP contribution is -2.37. The minimum Gasteiger partial charge on any atom is -0.356 e. The van der Waals surface area contributed by atoms with Crippen molar-refractivity contribution in [1.82, 2.24) is 14.9 Å². The van der Waals surface area contributed by atoms with E-state index in [4.69, 9.17) is 4.84 Å². The van der Waals surface area contributed by atoms with Crippen LogP contribution in [-0.4, -0.2) is 35.3 Å². The number of nitrogens with one attached hydrogen (secondary N) is 1.